The molecule has 0 saturated carbocycles. The smallest absolute Gasteiger partial charge is 0.258 e. The summed E-state index contributed by atoms with van der Waals surface area (Å²) < 4.78 is 9.97. The Balaban J connectivity index is 2.16. The number of aromatic nitrogens is 2. The predicted octanol–water partition coefficient (Wildman–Crippen LogP) is 2.40. The first kappa shape index (κ1) is 14.1. The van der Waals surface area contributed by atoms with Gasteiger partial charge in [-0.3, -0.25) is 10.1 Å². The largest absolute Gasteiger partial charge is 0.497 e. The number of carbonyl (C=O) groups excluding carboxylic acids is 1. The van der Waals surface area contributed by atoms with Crippen LogP contribution in [-0.4, -0.2) is 30.1 Å². The molecular weight excluding hydrogens is 282 g/mol. The lowest BCUT2D eigenvalue weighted by Crippen LogP contribution is -2.14. The molecule has 0 spiro atoms. The van der Waals surface area contributed by atoms with Crippen LogP contribution in [0.1, 0.15) is 10.4 Å². The topological polar surface area (TPSA) is 73.3 Å². The molecule has 1 heterocycles. The number of carbonyl (C=O) groups is 1. The molecule has 104 valence electrons. The lowest BCUT2D eigenvalue weighted by molar-refractivity contribution is 0.102. The van der Waals surface area contributed by atoms with Crippen molar-refractivity contribution in [1.82, 2.24) is 9.97 Å². The van der Waals surface area contributed by atoms with E-state index in [0.29, 0.717) is 11.3 Å². The van der Waals surface area contributed by atoms with Crippen LogP contribution in [0, 0.1) is 0 Å². The Kier molecular flexibility index (Phi) is 4.37. The maximum atomic E-state index is 12.0. The van der Waals surface area contributed by atoms with E-state index in [1.165, 1.54) is 13.2 Å². The summed E-state index contributed by atoms with van der Waals surface area (Å²) in [7, 11) is 3.01. The van der Waals surface area contributed by atoms with Gasteiger partial charge >= 0.3 is 0 Å². The van der Waals surface area contributed by atoms with Crippen molar-refractivity contribution in [2.24, 2.45) is 0 Å². The van der Waals surface area contributed by atoms with Crippen LogP contribution in [0.3, 0.4) is 0 Å². The predicted molar refractivity (Wildman–Crippen MR) is 74.5 cm³/mol. The van der Waals surface area contributed by atoms with Crippen molar-refractivity contribution in [3.8, 4) is 11.6 Å². The van der Waals surface area contributed by atoms with Crippen molar-refractivity contribution in [2.75, 3.05) is 19.5 Å². The molecule has 0 saturated heterocycles. The molecule has 1 N–H and O–H groups in total. The summed E-state index contributed by atoms with van der Waals surface area (Å²) in [5.74, 6) is 0.671. The molecule has 0 fully saturated rings. The molecule has 0 atom stereocenters. The van der Waals surface area contributed by atoms with Crippen LogP contribution >= 0.6 is 11.6 Å². The summed E-state index contributed by atoms with van der Waals surface area (Å²) in [6.07, 6.45) is 0. The summed E-state index contributed by atoms with van der Waals surface area (Å²) in [5.41, 5.74) is 0.452. The Hall–Kier alpha value is -2.34. The maximum absolute atomic E-state index is 12.0. The standard InChI is InChI=1S/C13H12ClN3O3/c1-19-9-5-3-8(4-6-9)12(18)17-13-15-10(14)7-11(16-13)20-2/h3-7H,1-2H3,(H,15,16,17,18). The van der Waals surface area contributed by atoms with Gasteiger partial charge in [-0.05, 0) is 24.3 Å². The number of amides is 1. The number of nitrogens with zero attached hydrogens (tertiary/aromatic N) is 2. The van der Waals surface area contributed by atoms with Crippen molar-refractivity contribution in [2.45, 2.75) is 0 Å². The molecule has 1 aromatic carbocycles. The number of ether oxygens (including phenoxy) is 2. The molecule has 6 nitrogen and oxygen atoms in total. The lowest BCUT2D eigenvalue weighted by Gasteiger charge is -2.06. The van der Waals surface area contributed by atoms with Gasteiger partial charge in [-0.1, -0.05) is 11.6 Å². The fraction of sp³-hybridized carbons (Fsp3) is 0.154. The van der Waals surface area contributed by atoms with Gasteiger partial charge in [0.2, 0.25) is 11.8 Å². The number of rotatable bonds is 4. The Bertz CT molecular complexity index is 617. The minimum atomic E-state index is -0.350. The monoisotopic (exact) mass is 293 g/mol. The van der Waals surface area contributed by atoms with Crippen molar-refractivity contribution in [3.63, 3.8) is 0 Å². The second-order valence-corrected chi connectivity index (χ2v) is 4.13. The molecule has 1 amide bonds. The van der Waals surface area contributed by atoms with Gasteiger partial charge in [0.15, 0.2) is 0 Å². The number of hydrogen-bond donors (Lipinski definition) is 1. The van der Waals surface area contributed by atoms with Gasteiger partial charge in [0.25, 0.3) is 5.91 Å². The third-order valence-corrected chi connectivity index (χ3v) is 2.65. The molecule has 1 aromatic heterocycles. The Morgan fingerprint density at radius 1 is 1.15 bits per heavy atom. The first-order valence-corrected chi connectivity index (χ1v) is 6.04. The van der Waals surface area contributed by atoms with Crippen LogP contribution in [0.5, 0.6) is 11.6 Å². The van der Waals surface area contributed by atoms with E-state index in [2.05, 4.69) is 15.3 Å². The van der Waals surface area contributed by atoms with Gasteiger partial charge in [0.05, 0.1) is 14.2 Å². The van der Waals surface area contributed by atoms with E-state index >= 15 is 0 Å². The van der Waals surface area contributed by atoms with Crippen LogP contribution in [0.2, 0.25) is 5.15 Å². The number of nitrogens with one attached hydrogen (secondary N) is 1. The van der Waals surface area contributed by atoms with Gasteiger partial charge in [0.1, 0.15) is 10.9 Å². The molecule has 0 bridgehead atoms. The fourth-order valence-corrected chi connectivity index (χ4v) is 1.65. The first-order valence-electron chi connectivity index (χ1n) is 5.66. The lowest BCUT2D eigenvalue weighted by atomic mass is 10.2. The van der Waals surface area contributed by atoms with Crippen LogP contribution in [0.4, 0.5) is 5.95 Å². The fourth-order valence-electron chi connectivity index (χ4n) is 1.47. The quantitative estimate of drug-likeness (QED) is 0.876. The van der Waals surface area contributed by atoms with Crippen LogP contribution in [-0.2, 0) is 0 Å². The molecule has 0 radical (unpaired) electrons. The van der Waals surface area contributed by atoms with Crippen molar-refractivity contribution in [3.05, 3.63) is 41.0 Å². The van der Waals surface area contributed by atoms with Gasteiger partial charge in [-0.15, -0.1) is 0 Å². The molecule has 20 heavy (non-hydrogen) atoms. The van der Waals surface area contributed by atoms with Gasteiger partial charge in [0, 0.05) is 11.6 Å². The van der Waals surface area contributed by atoms with E-state index in [9.17, 15) is 4.79 Å². The van der Waals surface area contributed by atoms with E-state index in [0.717, 1.165) is 0 Å². The minimum Gasteiger partial charge on any atom is -0.497 e. The van der Waals surface area contributed by atoms with E-state index < -0.39 is 0 Å². The zero-order valence-corrected chi connectivity index (χ0v) is 11.6. The average molecular weight is 294 g/mol. The average Bonchev–Trinajstić information content (AvgIpc) is 2.46. The summed E-state index contributed by atoms with van der Waals surface area (Å²) in [6.45, 7) is 0. The Morgan fingerprint density at radius 2 is 1.85 bits per heavy atom. The first-order chi connectivity index (χ1) is 9.62. The van der Waals surface area contributed by atoms with E-state index in [-0.39, 0.29) is 22.9 Å². The van der Waals surface area contributed by atoms with Crippen molar-refractivity contribution in [1.29, 1.82) is 0 Å². The summed E-state index contributed by atoms with van der Waals surface area (Å²) >= 11 is 5.80. The van der Waals surface area contributed by atoms with Gasteiger partial charge in [-0.2, -0.15) is 4.98 Å². The zero-order chi connectivity index (χ0) is 14.5. The van der Waals surface area contributed by atoms with E-state index in [4.69, 9.17) is 21.1 Å². The van der Waals surface area contributed by atoms with E-state index in [1.807, 2.05) is 0 Å². The molecule has 2 rings (SSSR count). The van der Waals surface area contributed by atoms with Crippen molar-refractivity contribution >= 4 is 23.5 Å². The molecular formula is C13H12ClN3O3. The van der Waals surface area contributed by atoms with Crippen molar-refractivity contribution < 1.29 is 14.3 Å². The molecule has 0 unspecified atom stereocenters. The highest BCUT2D eigenvalue weighted by Crippen LogP contribution is 2.17. The number of hydrogen-bond acceptors (Lipinski definition) is 5. The SMILES string of the molecule is COc1ccc(C(=O)Nc2nc(Cl)cc(OC)n2)cc1. The summed E-state index contributed by atoms with van der Waals surface area (Å²) in [6, 6.07) is 8.10. The number of halogens is 1. The number of methoxy groups -OCH3 is 2. The molecule has 7 heteroatoms. The second-order valence-electron chi connectivity index (χ2n) is 3.74. The third-order valence-electron chi connectivity index (χ3n) is 2.46. The molecule has 2 aromatic rings. The van der Waals surface area contributed by atoms with Crippen LogP contribution < -0.4 is 14.8 Å². The zero-order valence-electron chi connectivity index (χ0n) is 10.9. The molecule has 0 aliphatic heterocycles. The maximum Gasteiger partial charge on any atom is 0.258 e. The second kappa shape index (κ2) is 6.21. The van der Waals surface area contributed by atoms with Crippen LogP contribution in [0.15, 0.2) is 30.3 Å². The molecule has 0 aliphatic carbocycles. The van der Waals surface area contributed by atoms with E-state index in [1.54, 1.807) is 31.4 Å². The Morgan fingerprint density at radius 3 is 2.45 bits per heavy atom. The summed E-state index contributed by atoms with van der Waals surface area (Å²) in [4.78, 5) is 19.9. The Labute approximate surface area is 120 Å². The summed E-state index contributed by atoms with van der Waals surface area (Å²) in [5, 5.41) is 2.73. The highest BCUT2D eigenvalue weighted by Gasteiger charge is 2.10. The normalized spacial score (nSPS) is 9.95. The highest BCUT2D eigenvalue weighted by atomic mass is 35.5. The third kappa shape index (κ3) is 3.36. The number of anilines is 1. The van der Waals surface area contributed by atoms with Gasteiger partial charge < -0.3 is 9.47 Å². The minimum absolute atomic E-state index is 0.0789. The molecule has 0 aliphatic rings. The number of benzene rings is 1. The highest BCUT2D eigenvalue weighted by molar-refractivity contribution is 6.29. The van der Waals surface area contributed by atoms with Crippen LogP contribution in [0.25, 0.3) is 0 Å². The van der Waals surface area contributed by atoms with Gasteiger partial charge in [-0.25, -0.2) is 4.98 Å².